The number of ether oxygens (including phenoxy) is 2. The lowest BCUT2D eigenvalue weighted by molar-refractivity contribution is 0.242. The number of hydrogen-bond donors (Lipinski definition) is 1. The summed E-state index contributed by atoms with van der Waals surface area (Å²) in [6, 6.07) is 14.7. The van der Waals surface area contributed by atoms with Gasteiger partial charge in [-0.05, 0) is 67.9 Å². The van der Waals surface area contributed by atoms with Gasteiger partial charge >= 0.3 is 0 Å². The van der Waals surface area contributed by atoms with E-state index < -0.39 is 0 Å². The first-order chi connectivity index (χ1) is 9.67. The van der Waals surface area contributed by atoms with Gasteiger partial charge in [-0.3, -0.25) is 0 Å². The summed E-state index contributed by atoms with van der Waals surface area (Å²) in [6.45, 7) is 3.98. The van der Waals surface area contributed by atoms with Crippen molar-refractivity contribution in [2.75, 3.05) is 0 Å². The summed E-state index contributed by atoms with van der Waals surface area (Å²) >= 11 is 0. The minimum Gasteiger partial charge on any atom is -0.491 e. The average Bonchev–Trinajstić information content (AvgIpc) is 2.43. The van der Waals surface area contributed by atoms with Gasteiger partial charge in [-0.15, -0.1) is 0 Å². The number of rotatable bonds is 5. The van der Waals surface area contributed by atoms with Crippen molar-refractivity contribution in [3.8, 4) is 17.2 Å². The molecule has 0 atom stereocenters. The molecular weight excluding hydrogens is 254 g/mol. The van der Waals surface area contributed by atoms with Crippen LogP contribution in [0.5, 0.6) is 17.2 Å². The molecule has 104 valence electrons. The number of oxime groups is 1. The van der Waals surface area contributed by atoms with Gasteiger partial charge in [-0.2, -0.15) is 0 Å². The third kappa shape index (κ3) is 4.02. The first-order valence-corrected chi connectivity index (χ1v) is 6.39. The van der Waals surface area contributed by atoms with E-state index in [0.717, 1.165) is 22.8 Å². The second kappa shape index (κ2) is 6.61. The maximum Gasteiger partial charge on any atom is 0.127 e. The molecule has 2 rings (SSSR count). The molecule has 0 saturated carbocycles. The van der Waals surface area contributed by atoms with Gasteiger partial charge in [0, 0.05) is 0 Å². The lowest BCUT2D eigenvalue weighted by Gasteiger charge is -2.10. The third-order valence-electron chi connectivity index (χ3n) is 2.52. The Morgan fingerprint density at radius 2 is 1.40 bits per heavy atom. The van der Waals surface area contributed by atoms with E-state index in [-0.39, 0.29) is 6.10 Å². The van der Waals surface area contributed by atoms with Crippen LogP contribution in [0.1, 0.15) is 19.4 Å². The molecule has 0 aliphatic carbocycles. The van der Waals surface area contributed by atoms with Crippen LogP contribution in [-0.2, 0) is 0 Å². The van der Waals surface area contributed by atoms with Crippen LogP contribution >= 0.6 is 0 Å². The van der Waals surface area contributed by atoms with Gasteiger partial charge in [-0.1, -0.05) is 5.16 Å². The van der Waals surface area contributed by atoms with Crippen molar-refractivity contribution in [3.05, 3.63) is 54.1 Å². The van der Waals surface area contributed by atoms with Crippen molar-refractivity contribution in [1.82, 2.24) is 0 Å². The second-order valence-electron chi connectivity index (χ2n) is 4.55. The Kier molecular flexibility index (Phi) is 4.60. The highest BCUT2D eigenvalue weighted by molar-refractivity contribution is 5.79. The molecule has 0 aliphatic rings. The van der Waals surface area contributed by atoms with Crippen LogP contribution in [0.2, 0.25) is 0 Å². The lowest BCUT2D eigenvalue weighted by Crippen LogP contribution is -2.05. The van der Waals surface area contributed by atoms with E-state index in [9.17, 15) is 0 Å². The molecular formula is C16H17NO3. The third-order valence-corrected chi connectivity index (χ3v) is 2.52. The van der Waals surface area contributed by atoms with Crippen LogP contribution in [-0.4, -0.2) is 17.5 Å². The molecule has 0 unspecified atom stereocenters. The molecule has 1 N–H and O–H groups in total. The minimum atomic E-state index is 0.155. The summed E-state index contributed by atoms with van der Waals surface area (Å²) in [5.41, 5.74) is 0.806. The van der Waals surface area contributed by atoms with E-state index in [1.807, 2.05) is 62.4 Å². The molecule has 0 saturated heterocycles. The molecule has 0 spiro atoms. The fraction of sp³-hybridized carbons (Fsp3) is 0.188. The molecule has 2 aromatic carbocycles. The Balaban J connectivity index is 2.02. The van der Waals surface area contributed by atoms with Crippen LogP contribution in [0.3, 0.4) is 0 Å². The molecule has 0 radical (unpaired) electrons. The Morgan fingerprint density at radius 1 is 0.900 bits per heavy atom. The van der Waals surface area contributed by atoms with Gasteiger partial charge in [-0.25, -0.2) is 0 Å². The number of hydrogen-bond acceptors (Lipinski definition) is 4. The smallest absolute Gasteiger partial charge is 0.127 e. The summed E-state index contributed by atoms with van der Waals surface area (Å²) in [7, 11) is 0. The number of nitrogens with zero attached hydrogens (tertiary/aromatic N) is 1. The van der Waals surface area contributed by atoms with E-state index >= 15 is 0 Å². The van der Waals surface area contributed by atoms with Gasteiger partial charge in [0.1, 0.15) is 17.2 Å². The fourth-order valence-corrected chi connectivity index (χ4v) is 1.68. The normalized spacial score (nSPS) is 10.9. The standard InChI is InChI=1S/C16H17NO3/c1-12(2)19-14-7-9-16(10-8-14)20-15-5-3-13(4-6-15)11-17-18/h3-12,18H,1-2H3/b17-11-. The summed E-state index contributed by atoms with van der Waals surface area (Å²) in [6.07, 6.45) is 1.52. The van der Waals surface area contributed by atoms with Crippen LogP contribution in [0.15, 0.2) is 53.7 Å². The van der Waals surface area contributed by atoms with E-state index in [0.29, 0.717) is 0 Å². The van der Waals surface area contributed by atoms with Crippen LogP contribution in [0.25, 0.3) is 0 Å². The summed E-state index contributed by atoms with van der Waals surface area (Å²) in [5.74, 6) is 2.28. The highest BCUT2D eigenvalue weighted by atomic mass is 16.5. The predicted molar refractivity (Wildman–Crippen MR) is 78.1 cm³/mol. The van der Waals surface area contributed by atoms with E-state index in [2.05, 4.69) is 5.16 Å². The van der Waals surface area contributed by atoms with E-state index in [1.54, 1.807) is 0 Å². The Labute approximate surface area is 118 Å². The zero-order valence-electron chi connectivity index (χ0n) is 11.5. The van der Waals surface area contributed by atoms with Crippen LogP contribution in [0, 0.1) is 0 Å². The molecule has 0 fully saturated rings. The van der Waals surface area contributed by atoms with Crippen molar-refractivity contribution in [2.45, 2.75) is 20.0 Å². The molecule has 0 aliphatic heterocycles. The number of benzene rings is 2. The van der Waals surface area contributed by atoms with Crippen LogP contribution < -0.4 is 9.47 Å². The molecule has 20 heavy (non-hydrogen) atoms. The first-order valence-electron chi connectivity index (χ1n) is 6.39. The van der Waals surface area contributed by atoms with Gasteiger partial charge in [0.05, 0.1) is 12.3 Å². The minimum absolute atomic E-state index is 0.155. The Bertz CT molecular complexity index is 559. The zero-order valence-corrected chi connectivity index (χ0v) is 11.5. The monoisotopic (exact) mass is 271 g/mol. The van der Waals surface area contributed by atoms with Crippen molar-refractivity contribution in [1.29, 1.82) is 0 Å². The highest BCUT2D eigenvalue weighted by Gasteiger charge is 2.00. The van der Waals surface area contributed by atoms with Gasteiger partial charge in [0.2, 0.25) is 0 Å². The molecule has 0 amide bonds. The molecule has 4 nitrogen and oxygen atoms in total. The van der Waals surface area contributed by atoms with Crippen molar-refractivity contribution in [3.63, 3.8) is 0 Å². The SMILES string of the molecule is CC(C)Oc1ccc(Oc2ccc(/C=N\O)cc2)cc1. The summed E-state index contributed by atoms with van der Waals surface area (Å²) in [4.78, 5) is 0. The Hall–Kier alpha value is -2.49. The molecule has 2 aromatic rings. The summed E-state index contributed by atoms with van der Waals surface area (Å²) < 4.78 is 11.3. The summed E-state index contributed by atoms with van der Waals surface area (Å²) in [5, 5.41) is 11.4. The fourth-order valence-electron chi connectivity index (χ4n) is 1.68. The predicted octanol–water partition coefficient (Wildman–Crippen LogP) is 4.07. The van der Waals surface area contributed by atoms with E-state index in [1.165, 1.54) is 6.21 Å². The van der Waals surface area contributed by atoms with Gasteiger partial charge in [0.25, 0.3) is 0 Å². The van der Waals surface area contributed by atoms with Crippen LogP contribution in [0.4, 0.5) is 0 Å². The largest absolute Gasteiger partial charge is 0.491 e. The van der Waals surface area contributed by atoms with Crippen molar-refractivity contribution < 1.29 is 14.7 Å². The topological polar surface area (TPSA) is 51.0 Å². The first kappa shape index (κ1) is 13.9. The molecule has 0 aromatic heterocycles. The Morgan fingerprint density at radius 3 is 1.90 bits per heavy atom. The van der Waals surface area contributed by atoms with E-state index in [4.69, 9.17) is 14.7 Å². The van der Waals surface area contributed by atoms with Crippen molar-refractivity contribution in [2.24, 2.45) is 5.16 Å². The zero-order chi connectivity index (χ0) is 14.4. The highest BCUT2D eigenvalue weighted by Crippen LogP contribution is 2.24. The maximum absolute atomic E-state index is 8.44. The molecule has 4 heteroatoms. The maximum atomic E-state index is 8.44. The van der Waals surface area contributed by atoms with Gasteiger partial charge < -0.3 is 14.7 Å². The molecule has 0 heterocycles. The van der Waals surface area contributed by atoms with Crippen molar-refractivity contribution >= 4 is 6.21 Å². The van der Waals surface area contributed by atoms with Gasteiger partial charge in [0.15, 0.2) is 0 Å². The quantitative estimate of drug-likeness (QED) is 0.506. The average molecular weight is 271 g/mol. The second-order valence-corrected chi connectivity index (χ2v) is 4.55. The lowest BCUT2D eigenvalue weighted by atomic mass is 10.2. The molecule has 0 bridgehead atoms.